The number of ether oxygens (including phenoxy) is 2. The summed E-state index contributed by atoms with van der Waals surface area (Å²) >= 11 is 0. The van der Waals surface area contributed by atoms with E-state index in [0.717, 1.165) is 31.4 Å². The fourth-order valence-corrected chi connectivity index (χ4v) is 2.18. The molecule has 1 unspecified atom stereocenters. The molecule has 2 aliphatic rings. The Kier molecular flexibility index (Phi) is 3.08. The van der Waals surface area contributed by atoms with Gasteiger partial charge in [-0.15, -0.1) is 0 Å². The summed E-state index contributed by atoms with van der Waals surface area (Å²) in [7, 11) is 1.62. The predicted molar refractivity (Wildman–Crippen MR) is 67.9 cm³/mol. The van der Waals surface area contributed by atoms with E-state index in [1.165, 1.54) is 0 Å². The number of carbonyl (C=O) groups is 1. The fraction of sp³-hybridized carbons (Fsp3) is 0.533. The van der Waals surface area contributed by atoms with Gasteiger partial charge in [0, 0.05) is 12.7 Å². The normalized spacial score (nSPS) is 20.5. The smallest absolute Gasteiger partial charge is 0.191 e. The van der Waals surface area contributed by atoms with E-state index in [-0.39, 0.29) is 11.9 Å². The first-order valence-electron chi connectivity index (χ1n) is 6.61. The first-order chi connectivity index (χ1) is 8.78. The third kappa shape index (κ3) is 2.56. The molecule has 0 bridgehead atoms. The number of carbonyl (C=O) groups excluding carboxylic acids is 1. The molecule has 0 saturated heterocycles. The summed E-state index contributed by atoms with van der Waals surface area (Å²) in [5, 5.41) is 0. The molecule has 0 radical (unpaired) electrons. The molecule has 1 aromatic rings. The lowest BCUT2D eigenvalue weighted by molar-refractivity contribution is 0.0539. The van der Waals surface area contributed by atoms with Crippen LogP contribution < -0.4 is 4.74 Å². The number of benzene rings is 1. The lowest BCUT2D eigenvalue weighted by atomic mass is 10.0. The van der Waals surface area contributed by atoms with Gasteiger partial charge in [0.15, 0.2) is 5.78 Å². The van der Waals surface area contributed by atoms with Crippen molar-refractivity contribution in [2.45, 2.75) is 37.9 Å². The molecule has 2 aliphatic carbocycles. The lowest BCUT2D eigenvalue weighted by Crippen LogP contribution is -2.25. The van der Waals surface area contributed by atoms with E-state index in [9.17, 15) is 4.79 Å². The summed E-state index contributed by atoms with van der Waals surface area (Å²) in [6.45, 7) is 0. The molecular formula is C15H18O3. The number of rotatable bonds is 6. The van der Waals surface area contributed by atoms with Crippen molar-refractivity contribution in [3.05, 3.63) is 29.8 Å². The van der Waals surface area contributed by atoms with Gasteiger partial charge < -0.3 is 9.47 Å². The van der Waals surface area contributed by atoms with Gasteiger partial charge in [-0.2, -0.15) is 0 Å². The number of ketones is 1. The van der Waals surface area contributed by atoms with E-state index in [0.29, 0.717) is 17.6 Å². The molecule has 1 aromatic carbocycles. The quantitative estimate of drug-likeness (QED) is 0.724. The summed E-state index contributed by atoms with van der Waals surface area (Å²) < 4.78 is 11.0. The fourth-order valence-electron chi connectivity index (χ4n) is 2.18. The van der Waals surface area contributed by atoms with Gasteiger partial charge in [0.25, 0.3) is 0 Å². The highest BCUT2D eigenvalue weighted by molar-refractivity contribution is 6.00. The number of methoxy groups -OCH3 is 1. The zero-order chi connectivity index (χ0) is 12.5. The maximum Gasteiger partial charge on any atom is 0.191 e. The molecule has 0 aliphatic heterocycles. The molecule has 0 heterocycles. The minimum absolute atomic E-state index is 0.0845. The van der Waals surface area contributed by atoms with Crippen molar-refractivity contribution in [1.82, 2.24) is 0 Å². The van der Waals surface area contributed by atoms with Gasteiger partial charge >= 0.3 is 0 Å². The van der Waals surface area contributed by atoms with Crippen LogP contribution in [0.15, 0.2) is 24.3 Å². The zero-order valence-electron chi connectivity index (χ0n) is 10.6. The molecule has 18 heavy (non-hydrogen) atoms. The van der Waals surface area contributed by atoms with Gasteiger partial charge in [0.1, 0.15) is 11.9 Å². The Morgan fingerprint density at radius 2 is 2.06 bits per heavy atom. The first-order valence-corrected chi connectivity index (χ1v) is 6.61. The van der Waals surface area contributed by atoms with E-state index >= 15 is 0 Å². The molecule has 1 atom stereocenters. The molecule has 0 aromatic heterocycles. The van der Waals surface area contributed by atoms with E-state index < -0.39 is 0 Å². The van der Waals surface area contributed by atoms with Crippen molar-refractivity contribution in [2.24, 2.45) is 5.92 Å². The zero-order valence-corrected chi connectivity index (χ0v) is 10.6. The molecule has 2 saturated carbocycles. The Balaban J connectivity index is 1.74. The minimum Gasteiger partial charge on any atom is -0.490 e. The second-order valence-electron chi connectivity index (χ2n) is 5.20. The second kappa shape index (κ2) is 4.73. The Labute approximate surface area is 107 Å². The molecule has 0 spiro atoms. The predicted octanol–water partition coefficient (Wildman–Crippen LogP) is 2.84. The van der Waals surface area contributed by atoms with Crippen LogP contribution in [0.2, 0.25) is 0 Å². The van der Waals surface area contributed by atoms with Crippen LogP contribution in [-0.2, 0) is 4.74 Å². The van der Waals surface area contributed by atoms with Crippen molar-refractivity contribution >= 4 is 5.78 Å². The van der Waals surface area contributed by atoms with Crippen molar-refractivity contribution in [3.63, 3.8) is 0 Å². The highest BCUT2D eigenvalue weighted by Gasteiger charge is 2.36. The maximum absolute atomic E-state index is 12.3. The molecule has 96 valence electrons. The standard InChI is InChI=1S/C15H18O3/c1-17-15(10-5-6-10)14(16)11-3-2-4-13(9-11)18-12-7-8-12/h2-4,9-10,12,15H,5-8H2,1H3. The Morgan fingerprint density at radius 1 is 1.28 bits per heavy atom. The van der Waals surface area contributed by atoms with Crippen molar-refractivity contribution < 1.29 is 14.3 Å². The van der Waals surface area contributed by atoms with E-state index in [1.54, 1.807) is 7.11 Å². The van der Waals surface area contributed by atoms with Crippen LogP contribution in [0.25, 0.3) is 0 Å². The Hall–Kier alpha value is -1.35. The molecule has 0 N–H and O–H groups in total. The van der Waals surface area contributed by atoms with E-state index in [2.05, 4.69) is 0 Å². The highest BCUT2D eigenvalue weighted by Crippen LogP contribution is 2.36. The summed E-state index contributed by atoms with van der Waals surface area (Å²) in [6.07, 6.45) is 4.53. The third-order valence-electron chi connectivity index (χ3n) is 3.51. The van der Waals surface area contributed by atoms with Crippen molar-refractivity contribution in [3.8, 4) is 5.75 Å². The largest absolute Gasteiger partial charge is 0.490 e. The van der Waals surface area contributed by atoms with Gasteiger partial charge in [-0.05, 0) is 43.7 Å². The van der Waals surface area contributed by atoms with Crippen LogP contribution in [0, 0.1) is 5.92 Å². The van der Waals surface area contributed by atoms with Gasteiger partial charge in [-0.25, -0.2) is 0 Å². The highest BCUT2D eigenvalue weighted by atomic mass is 16.5. The van der Waals surface area contributed by atoms with Gasteiger partial charge in [-0.3, -0.25) is 4.79 Å². The average molecular weight is 246 g/mol. The van der Waals surface area contributed by atoms with E-state index in [1.807, 2.05) is 24.3 Å². The monoisotopic (exact) mass is 246 g/mol. The topological polar surface area (TPSA) is 35.5 Å². The molecule has 3 rings (SSSR count). The second-order valence-corrected chi connectivity index (χ2v) is 5.20. The molecule has 2 fully saturated rings. The molecule has 0 amide bonds. The van der Waals surface area contributed by atoms with Gasteiger partial charge in [0.05, 0.1) is 6.10 Å². The first kappa shape index (κ1) is 11.7. The molecule has 3 nitrogen and oxygen atoms in total. The van der Waals surface area contributed by atoms with Crippen LogP contribution in [0.3, 0.4) is 0 Å². The van der Waals surface area contributed by atoms with Crippen LogP contribution in [0.1, 0.15) is 36.0 Å². The lowest BCUT2D eigenvalue weighted by Gasteiger charge is -2.13. The summed E-state index contributed by atoms with van der Waals surface area (Å²) in [4.78, 5) is 12.3. The summed E-state index contributed by atoms with van der Waals surface area (Å²) in [6, 6.07) is 7.48. The summed E-state index contributed by atoms with van der Waals surface area (Å²) in [5.41, 5.74) is 0.701. The van der Waals surface area contributed by atoms with Crippen LogP contribution in [0.4, 0.5) is 0 Å². The van der Waals surface area contributed by atoms with Gasteiger partial charge in [-0.1, -0.05) is 12.1 Å². The average Bonchev–Trinajstić information content (AvgIpc) is 3.24. The number of hydrogen-bond donors (Lipinski definition) is 0. The maximum atomic E-state index is 12.3. The summed E-state index contributed by atoms with van der Waals surface area (Å²) in [5.74, 6) is 1.30. The van der Waals surface area contributed by atoms with Crippen LogP contribution in [-0.4, -0.2) is 25.1 Å². The third-order valence-corrected chi connectivity index (χ3v) is 3.51. The SMILES string of the molecule is COC(C(=O)c1cccc(OC2CC2)c1)C1CC1. The Bertz CT molecular complexity index is 447. The van der Waals surface area contributed by atoms with Gasteiger partial charge in [0.2, 0.25) is 0 Å². The number of hydrogen-bond acceptors (Lipinski definition) is 3. The van der Waals surface area contributed by atoms with Crippen molar-refractivity contribution in [1.29, 1.82) is 0 Å². The van der Waals surface area contributed by atoms with Crippen molar-refractivity contribution in [2.75, 3.05) is 7.11 Å². The van der Waals surface area contributed by atoms with E-state index in [4.69, 9.17) is 9.47 Å². The Morgan fingerprint density at radius 3 is 2.67 bits per heavy atom. The number of Topliss-reactive ketones (excluding diaryl/α,β-unsaturated/α-hetero) is 1. The van der Waals surface area contributed by atoms with Crippen LogP contribution >= 0.6 is 0 Å². The molecule has 3 heteroatoms. The molecular weight excluding hydrogens is 228 g/mol. The minimum atomic E-state index is -0.277. The van der Waals surface area contributed by atoms with Crippen LogP contribution in [0.5, 0.6) is 5.75 Å².